The molecule has 0 aliphatic carbocycles. The molecule has 0 saturated heterocycles. The van der Waals surface area contributed by atoms with Gasteiger partial charge in [0.05, 0.1) is 12.1 Å². The highest BCUT2D eigenvalue weighted by Crippen LogP contribution is 2.20. The van der Waals surface area contributed by atoms with Gasteiger partial charge in [-0.2, -0.15) is 0 Å². The summed E-state index contributed by atoms with van der Waals surface area (Å²) in [5, 5.41) is 9.15. The van der Waals surface area contributed by atoms with Gasteiger partial charge in [-0.1, -0.05) is 42.0 Å². The van der Waals surface area contributed by atoms with Crippen LogP contribution in [0.4, 0.5) is 5.69 Å². The number of hydrogen-bond donors (Lipinski definition) is 1. The Morgan fingerprint density at radius 2 is 1.76 bits per heavy atom. The number of aromatic carboxylic acids is 1. The predicted molar refractivity (Wildman–Crippen MR) is 78.9 cm³/mol. The van der Waals surface area contributed by atoms with Crippen LogP contribution in [0.1, 0.15) is 31.8 Å². The molecule has 4 heteroatoms. The molecule has 0 bridgehead atoms. The Balaban J connectivity index is 2.35. The first-order valence-corrected chi connectivity index (χ1v) is 6.35. The molecule has 21 heavy (non-hydrogen) atoms. The Hall–Kier alpha value is -2.93. The number of carboxylic acid groups (broad SMARTS) is 1. The van der Waals surface area contributed by atoms with Gasteiger partial charge in [-0.25, -0.2) is 9.64 Å². The van der Waals surface area contributed by atoms with Gasteiger partial charge in [0.2, 0.25) is 0 Å². The zero-order valence-electron chi connectivity index (χ0n) is 11.5. The van der Waals surface area contributed by atoms with Gasteiger partial charge in [0.1, 0.15) is 0 Å². The third-order valence-corrected chi connectivity index (χ3v) is 3.15. The number of carboxylic acids is 1. The molecule has 2 aromatic rings. The standard InChI is InChI=1S/C17H13NO3/c1-11-3-5-12(6-4-11)9-16(19)15-10-13(18-2)7-8-14(15)17(20)21/h3-8,10H,9H2,1H3,(H,20,21). The van der Waals surface area contributed by atoms with E-state index in [1.54, 1.807) is 0 Å². The van der Waals surface area contributed by atoms with Crippen LogP contribution in [0.3, 0.4) is 0 Å². The first-order chi connectivity index (χ1) is 10.0. The van der Waals surface area contributed by atoms with E-state index in [2.05, 4.69) is 4.85 Å². The topological polar surface area (TPSA) is 58.7 Å². The van der Waals surface area contributed by atoms with Crippen LogP contribution in [-0.4, -0.2) is 16.9 Å². The van der Waals surface area contributed by atoms with E-state index >= 15 is 0 Å². The van der Waals surface area contributed by atoms with Crippen molar-refractivity contribution in [3.05, 3.63) is 76.1 Å². The van der Waals surface area contributed by atoms with Crippen molar-refractivity contribution in [2.24, 2.45) is 0 Å². The SMILES string of the molecule is [C-]#[N+]c1ccc(C(=O)O)c(C(=O)Cc2ccc(C)cc2)c1. The minimum absolute atomic E-state index is 0.0699. The van der Waals surface area contributed by atoms with Crippen LogP contribution in [-0.2, 0) is 6.42 Å². The molecule has 0 radical (unpaired) electrons. The quantitative estimate of drug-likeness (QED) is 0.686. The molecule has 4 nitrogen and oxygen atoms in total. The number of rotatable bonds is 4. The van der Waals surface area contributed by atoms with Crippen molar-refractivity contribution in [3.8, 4) is 0 Å². The Bertz CT molecular complexity index is 740. The summed E-state index contributed by atoms with van der Waals surface area (Å²) < 4.78 is 0. The predicted octanol–water partition coefficient (Wildman–Crippen LogP) is 3.67. The van der Waals surface area contributed by atoms with Gasteiger partial charge in [0, 0.05) is 12.0 Å². The van der Waals surface area contributed by atoms with Crippen LogP contribution in [0.2, 0.25) is 0 Å². The molecule has 2 rings (SSSR count). The van der Waals surface area contributed by atoms with Crippen molar-refractivity contribution < 1.29 is 14.7 Å². The largest absolute Gasteiger partial charge is 0.478 e. The van der Waals surface area contributed by atoms with E-state index in [9.17, 15) is 9.59 Å². The fourth-order valence-electron chi connectivity index (χ4n) is 2.01. The molecule has 0 unspecified atom stereocenters. The molecule has 0 saturated carbocycles. The fourth-order valence-corrected chi connectivity index (χ4v) is 2.01. The van der Waals surface area contributed by atoms with Gasteiger partial charge in [0.15, 0.2) is 11.5 Å². The van der Waals surface area contributed by atoms with E-state index in [1.165, 1.54) is 18.2 Å². The Labute approximate surface area is 122 Å². The number of aryl methyl sites for hydroxylation is 1. The molecule has 0 atom stereocenters. The monoisotopic (exact) mass is 279 g/mol. The van der Waals surface area contributed by atoms with Crippen molar-refractivity contribution >= 4 is 17.4 Å². The van der Waals surface area contributed by atoms with E-state index < -0.39 is 5.97 Å². The number of hydrogen-bond acceptors (Lipinski definition) is 2. The molecule has 0 spiro atoms. The van der Waals surface area contributed by atoms with Crippen molar-refractivity contribution in [2.75, 3.05) is 0 Å². The first-order valence-electron chi connectivity index (χ1n) is 6.35. The summed E-state index contributed by atoms with van der Waals surface area (Å²) in [6.07, 6.45) is 0.113. The van der Waals surface area contributed by atoms with Crippen LogP contribution in [0.25, 0.3) is 4.85 Å². The molecule has 0 aliphatic heterocycles. The second-order valence-electron chi connectivity index (χ2n) is 4.73. The summed E-state index contributed by atoms with van der Waals surface area (Å²) in [5.41, 5.74) is 2.17. The van der Waals surface area contributed by atoms with E-state index in [0.29, 0.717) is 0 Å². The third-order valence-electron chi connectivity index (χ3n) is 3.15. The van der Waals surface area contributed by atoms with Crippen LogP contribution in [0, 0.1) is 13.5 Å². The van der Waals surface area contributed by atoms with Gasteiger partial charge in [0.25, 0.3) is 0 Å². The second kappa shape index (κ2) is 6.02. The number of Topliss-reactive ketones (excluding diaryl/α,β-unsaturated/α-hetero) is 1. The van der Waals surface area contributed by atoms with E-state index in [-0.39, 0.29) is 29.0 Å². The smallest absolute Gasteiger partial charge is 0.336 e. The average Bonchev–Trinajstić information content (AvgIpc) is 2.48. The lowest BCUT2D eigenvalue weighted by molar-refractivity contribution is 0.0692. The molecule has 0 heterocycles. The van der Waals surface area contributed by atoms with Gasteiger partial charge < -0.3 is 5.11 Å². The molecular weight excluding hydrogens is 266 g/mol. The van der Waals surface area contributed by atoms with Crippen LogP contribution < -0.4 is 0 Å². The number of carbonyl (C=O) groups is 2. The third kappa shape index (κ3) is 3.34. The average molecular weight is 279 g/mol. The minimum atomic E-state index is -1.17. The molecule has 0 aromatic heterocycles. The summed E-state index contributed by atoms with van der Waals surface area (Å²) in [5.74, 6) is -1.47. The van der Waals surface area contributed by atoms with E-state index in [1.807, 2.05) is 31.2 Å². The normalized spacial score (nSPS) is 9.90. The van der Waals surface area contributed by atoms with Gasteiger partial charge in [-0.15, -0.1) is 0 Å². The Morgan fingerprint density at radius 1 is 1.10 bits per heavy atom. The molecule has 0 fully saturated rings. The lowest BCUT2D eigenvalue weighted by Gasteiger charge is -2.06. The molecule has 1 N–H and O–H groups in total. The second-order valence-corrected chi connectivity index (χ2v) is 4.73. The Kier molecular flexibility index (Phi) is 4.15. The van der Waals surface area contributed by atoms with E-state index in [4.69, 9.17) is 11.7 Å². The maximum atomic E-state index is 12.3. The highest BCUT2D eigenvalue weighted by atomic mass is 16.4. The molecule has 2 aromatic carbocycles. The summed E-state index contributed by atoms with van der Waals surface area (Å²) in [6, 6.07) is 11.5. The van der Waals surface area contributed by atoms with Crippen LogP contribution in [0.15, 0.2) is 42.5 Å². The van der Waals surface area contributed by atoms with Crippen molar-refractivity contribution in [1.82, 2.24) is 0 Å². The fraction of sp³-hybridized carbons (Fsp3) is 0.118. The maximum absolute atomic E-state index is 12.3. The highest BCUT2D eigenvalue weighted by molar-refractivity contribution is 6.07. The van der Waals surface area contributed by atoms with Crippen molar-refractivity contribution in [3.63, 3.8) is 0 Å². The summed E-state index contributed by atoms with van der Waals surface area (Å²) in [4.78, 5) is 26.8. The molecule has 0 aliphatic rings. The summed E-state index contributed by atoms with van der Waals surface area (Å²) >= 11 is 0. The lowest BCUT2D eigenvalue weighted by Crippen LogP contribution is -2.10. The summed E-state index contributed by atoms with van der Waals surface area (Å²) in [6.45, 7) is 8.92. The summed E-state index contributed by atoms with van der Waals surface area (Å²) in [7, 11) is 0. The molecule has 104 valence electrons. The Morgan fingerprint density at radius 3 is 2.33 bits per heavy atom. The zero-order valence-corrected chi connectivity index (χ0v) is 11.5. The lowest BCUT2D eigenvalue weighted by atomic mass is 9.97. The van der Waals surface area contributed by atoms with Crippen molar-refractivity contribution in [1.29, 1.82) is 0 Å². The van der Waals surface area contributed by atoms with Crippen molar-refractivity contribution in [2.45, 2.75) is 13.3 Å². The number of benzene rings is 2. The van der Waals surface area contributed by atoms with E-state index in [0.717, 1.165) is 11.1 Å². The van der Waals surface area contributed by atoms with Crippen LogP contribution >= 0.6 is 0 Å². The zero-order chi connectivity index (χ0) is 15.4. The number of ketones is 1. The highest BCUT2D eigenvalue weighted by Gasteiger charge is 2.17. The molecule has 0 amide bonds. The maximum Gasteiger partial charge on any atom is 0.336 e. The van der Waals surface area contributed by atoms with Crippen LogP contribution in [0.5, 0.6) is 0 Å². The number of nitrogens with zero attached hydrogens (tertiary/aromatic N) is 1. The molecular formula is C17H13NO3. The minimum Gasteiger partial charge on any atom is -0.478 e. The van der Waals surface area contributed by atoms with Gasteiger partial charge in [-0.05, 0) is 18.6 Å². The number of carbonyl (C=O) groups excluding carboxylic acids is 1. The first kappa shape index (κ1) is 14.5. The van der Waals surface area contributed by atoms with Gasteiger partial charge in [-0.3, -0.25) is 4.79 Å². The van der Waals surface area contributed by atoms with Gasteiger partial charge >= 0.3 is 5.97 Å².